The average molecular weight is 243 g/mol. The fourth-order valence-corrected chi connectivity index (χ4v) is 1.76. The van der Waals surface area contributed by atoms with Crippen molar-refractivity contribution < 1.29 is 4.92 Å². The summed E-state index contributed by atoms with van der Waals surface area (Å²) in [5.74, 6) is 0.300. The maximum Gasteiger partial charge on any atom is 0.313 e. The van der Waals surface area contributed by atoms with E-state index in [4.69, 9.17) is 5.26 Å². The van der Waals surface area contributed by atoms with Gasteiger partial charge in [-0.3, -0.25) is 10.1 Å². The van der Waals surface area contributed by atoms with Crippen LogP contribution >= 0.6 is 0 Å². The van der Waals surface area contributed by atoms with Crippen LogP contribution in [0.15, 0.2) is 18.3 Å². The predicted octanol–water partition coefficient (Wildman–Crippen LogP) is 1.66. The summed E-state index contributed by atoms with van der Waals surface area (Å²) in [5, 5.41) is 24.0. The summed E-state index contributed by atoms with van der Waals surface area (Å²) in [6.45, 7) is 3.13. The summed E-state index contributed by atoms with van der Waals surface area (Å²) in [7, 11) is 0. The van der Waals surface area contributed by atoms with Crippen LogP contribution in [0, 0.1) is 35.3 Å². The summed E-state index contributed by atoms with van der Waals surface area (Å²) in [5.41, 5.74) is 0.919. The lowest BCUT2D eigenvalue weighted by Crippen LogP contribution is -2.04. The van der Waals surface area contributed by atoms with Gasteiger partial charge in [0.15, 0.2) is 5.82 Å². The smallest absolute Gasteiger partial charge is 0.258 e. The van der Waals surface area contributed by atoms with Crippen molar-refractivity contribution in [2.24, 2.45) is 0 Å². The van der Waals surface area contributed by atoms with Crippen molar-refractivity contribution >= 4 is 5.69 Å². The molecular formula is C11H9N5O2. The number of rotatable bonds is 2. The second-order valence-corrected chi connectivity index (χ2v) is 3.67. The Morgan fingerprint density at radius 2 is 2.22 bits per heavy atom. The van der Waals surface area contributed by atoms with Gasteiger partial charge >= 0.3 is 5.69 Å². The quantitative estimate of drug-likeness (QED) is 0.590. The largest absolute Gasteiger partial charge is 0.313 e. The Morgan fingerprint density at radius 1 is 1.50 bits per heavy atom. The van der Waals surface area contributed by atoms with Crippen LogP contribution in [-0.2, 0) is 0 Å². The first kappa shape index (κ1) is 11.7. The highest BCUT2D eigenvalue weighted by Gasteiger charge is 2.23. The number of aromatic nitrogens is 3. The third-order valence-electron chi connectivity index (χ3n) is 2.54. The van der Waals surface area contributed by atoms with Gasteiger partial charge in [0.1, 0.15) is 17.5 Å². The van der Waals surface area contributed by atoms with Crippen molar-refractivity contribution in [1.82, 2.24) is 14.8 Å². The van der Waals surface area contributed by atoms with Gasteiger partial charge in [-0.1, -0.05) is 0 Å². The van der Waals surface area contributed by atoms with Crippen LogP contribution in [0.5, 0.6) is 0 Å². The highest BCUT2D eigenvalue weighted by molar-refractivity contribution is 5.48. The molecule has 0 amide bonds. The molecule has 0 atom stereocenters. The Balaban J connectivity index is 2.70. The maximum atomic E-state index is 10.9. The van der Waals surface area contributed by atoms with Crippen LogP contribution in [0.25, 0.3) is 5.82 Å². The van der Waals surface area contributed by atoms with E-state index in [9.17, 15) is 10.1 Å². The monoisotopic (exact) mass is 243 g/mol. The van der Waals surface area contributed by atoms with E-state index in [2.05, 4.69) is 10.1 Å². The molecule has 0 aromatic carbocycles. The van der Waals surface area contributed by atoms with Gasteiger partial charge in [0, 0.05) is 6.20 Å². The van der Waals surface area contributed by atoms with Gasteiger partial charge in [-0.05, 0) is 26.0 Å². The van der Waals surface area contributed by atoms with Gasteiger partial charge in [0.05, 0.1) is 10.5 Å². The third-order valence-corrected chi connectivity index (χ3v) is 2.54. The minimum Gasteiger partial charge on any atom is -0.258 e. The maximum absolute atomic E-state index is 10.9. The highest BCUT2D eigenvalue weighted by atomic mass is 16.6. The minimum atomic E-state index is -0.483. The van der Waals surface area contributed by atoms with E-state index in [1.165, 1.54) is 10.9 Å². The first-order chi connectivity index (χ1) is 8.56. The van der Waals surface area contributed by atoms with E-state index < -0.39 is 4.92 Å². The lowest BCUT2D eigenvalue weighted by molar-refractivity contribution is -0.386. The second-order valence-electron chi connectivity index (χ2n) is 3.67. The Bertz CT molecular complexity index is 669. The van der Waals surface area contributed by atoms with Crippen molar-refractivity contribution in [2.45, 2.75) is 13.8 Å². The van der Waals surface area contributed by atoms with Gasteiger partial charge < -0.3 is 0 Å². The lowest BCUT2D eigenvalue weighted by Gasteiger charge is -2.03. The van der Waals surface area contributed by atoms with Gasteiger partial charge in [0.2, 0.25) is 0 Å². The zero-order chi connectivity index (χ0) is 13.3. The van der Waals surface area contributed by atoms with Gasteiger partial charge in [0.25, 0.3) is 0 Å². The first-order valence-electron chi connectivity index (χ1n) is 5.12. The van der Waals surface area contributed by atoms with E-state index in [1.807, 2.05) is 6.07 Å². The lowest BCUT2D eigenvalue weighted by atomic mass is 10.2. The fourth-order valence-electron chi connectivity index (χ4n) is 1.76. The Labute approximate surface area is 102 Å². The number of nitro groups is 1. The Hall–Kier alpha value is -2.75. The average Bonchev–Trinajstić information content (AvgIpc) is 2.64. The predicted molar refractivity (Wildman–Crippen MR) is 62.2 cm³/mol. The number of nitriles is 1. The summed E-state index contributed by atoms with van der Waals surface area (Å²) in [6.07, 6.45) is 1.51. The molecular weight excluding hydrogens is 234 g/mol. The van der Waals surface area contributed by atoms with Crippen molar-refractivity contribution in [2.75, 3.05) is 0 Å². The molecule has 0 bridgehead atoms. The molecule has 7 heteroatoms. The topological polar surface area (TPSA) is 97.6 Å². The van der Waals surface area contributed by atoms with Crippen LogP contribution in [0.1, 0.15) is 17.0 Å². The standard InChI is InChI=1S/C11H9N5O2/c1-7-10(16(17)18)8(2)15(14-7)11-9(6-12)4-3-5-13-11/h3-5H,1-2H3. The molecule has 0 spiro atoms. The number of pyridine rings is 1. The molecule has 2 aromatic heterocycles. The molecule has 2 heterocycles. The zero-order valence-corrected chi connectivity index (χ0v) is 9.78. The Morgan fingerprint density at radius 3 is 2.78 bits per heavy atom. The van der Waals surface area contributed by atoms with E-state index >= 15 is 0 Å². The van der Waals surface area contributed by atoms with E-state index in [1.54, 1.807) is 26.0 Å². The molecule has 90 valence electrons. The molecule has 0 aliphatic rings. The highest BCUT2D eigenvalue weighted by Crippen LogP contribution is 2.24. The zero-order valence-electron chi connectivity index (χ0n) is 9.78. The van der Waals surface area contributed by atoms with Crippen LogP contribution in [0.4, 0.5) is 5.69 Å². The van der Waals surface area contributed by atoms with Crippen molar-refractivity contribution in [3.05, 3.63) is 45.4 Å². The summed E-state index contributed by atoms with van der Waals surface area (Å²) in [6, 6.07) is 5.20. The molecule has 2 rings (SSSR count). The number of hydrogen-bond donors (Lipinski definition) is 0. The minimum absolute atomic E-state index is 0.0513. The number of nitrogens with zero attached hydrogens (tertiary/aromatic N) is 5. The van der Waals surface area contributed by atoms with Gasteiger partial charge in [-0.15, -0.1) is 0 Å². The van der Waals surface area contributed by atoms with E-state index in [-0.39, 0.29) is 5.69 Å². The number of hydrogen-bond acceptors (Lipinski definition) is 5. The molecule has 0 saturated heterocycles. The van der Waals surface area contributed by atoms with Gasteiger partial charge in [-0.2, -0.15) is 10.4 Å². The Kier molecular flexibility index (Phi) is 2.77. The second kappa shape index (κ2) is 4.25. The van der Waals surface area contributed by atoms with Crippen molar-refractivity contribution in [3.8, 4) is 11.9 Å². The van der Waals surface area contributed by atoms with Gasteiger partial charge in [-0.25, -0.2) is 9.67 Å². The van der Waals surface area contributed by atoms with Crippen molar-refractivity contribution in [1.29, 1.82) is 5.26 Å². The van der Waals surface area contributed by atoms with E-state index in [0.29, 0.717) is 22.8 Å². The summed E-state index contributed by atoms with van der Waals surface area (Å²) < 4.78 is 1.33. The molecule has 2 aromatic rings. The molecule has 0 aliphatic carbocycles. The summed E-state index contributed by atoms with van der Waals surface area (Å²) >= 11 is 0. The SMILES string of the molecule is Cc1nn(-c2ncccc2C#N)c(C)c1[N+](=O)[O-]. The van der Waals surface area contributed by atoms with E-state index in [0.717, 1.165) is 0 Å². The molecule has 0 aliphatic heterocycles. The number of aryl methyl sites for hydroxylation is 1. The molecule has 0 radical (unpaired) electrons. The molecule has 7 nitrogen and oxygen atoms in total. The molecule has 18 heavy (non-hydrogen) atoms. The normalized spacial score (nSPS) is 10.1. The summed E-state index contributed by atoms with van der Waals surface area (Å²) in [4.78, 5) is 14.5. The molecule has 0 fully saturated rings. The van der Waals surface area contributed by atoms with Crippen LogP contribution in [-0.4, -0.2) is 19.7 Å². The van der Waals surface area contributed by atoms with Crippen LogP contribution in [0.2, 0.25) is 0 Å². The van der Waals surface area contributed by atoms with Crippen LogP contribution < -0.4 is 0 Å². The fraction of sp³-hybridized carbons (Fsp3) is 0.182. The van der Waals surface area contributed by atoms with Crippen molar-refractivity contribution in [3.63, 3.8) is 0 Å². The third kappa shape index (κ3) is 1.69. The van der Waals surface area contributed by atoms with Crippen LogP contribution in [0.3, 0.4) is 0 Å². The molecule has 0 saturated carbocycles. The first-order valence-corrected chi connectivity index (χ1v) is 5.12. The molecule has 0 unspecified atom stereocenters. The molecule has 0 N–H and O–H groups in total.